The van der Waals surface area contributed by atoms with E-state index in [0.717, 1.165) is 5.75 Å². The second kappa shape index (κ2) is 2.72. The fourth-order valence-corrected chi connectivity index (χ4v) is 1.15. The monoisotopic (exact) mass is 145 g/mol. The van der Waals surface area contributed by atoms with Crippen LogP contribution in [0.25, 0.3) is 0 Å². The molecule has 0 radical (unpaired) electrons. The summed E-state index contributed by atoms with van der Waals surface area (Å²) >= 11 is 1.48. The normalized spacial score (nSPS) is 16.7. The predicted octanol–water partition coefficient (Wildman–Crippen LogP) is -0.579. The van der Waals surface area contributed by atoms with Gasteiger partial charge in [-0.05, 0) is 11.9 Å². The highest BCUT2D eigenvalue weighted by Gasteiger charge is 2.08. The molecule has 9 heavy (non-hydrogen) atoms. The van der Waals surface area contributed by atoms with Gasteiger partial charge in [0.05, 0.1) is 5.75 Å². The van der Waals surface area contributed by atoms with Crippen LogP contribution in [0.4, 0.5) is 0 Å². The molecule has 0 bridgehead atoms. The minimum atomic E-state index is -0.346. The van der Waals surface area contributed by atoms with Crippen molar-refractivity contribution in [3.8, 4) is 0 Å². The van der Waals surface area contributed by atoms with Crippen LogP contribution in [0.15, 0.2) is 5.10 Å². The van der Waals surface area contributed by atoms with E-state index in [9.17, 15) is 4.79 Å². The Morgan fingerprint density at radius 3 is 3.22 bits per heavy atom. The van der Waals surface area contributed by atoms with E-state index in [1.165, 1.54) is 11.9 Å². The molecule has 1 rings (SSSR count). The van der Waals surface area contributed by atoms with Gasteiger partial charge in [-0.25, -0.2) is 4.41 Å². The third-order valence-corrected chi connectivity index (χ3v) is 1.62. The predicted molar refractivity (Wildman–Crippen MR) is 36.9 cm³/mol. The summed E-state index contributed by atoms with van der Waals surface area (Å²) in [6.07, 6.45) is 1.74. The van der Waals surface area contributed by atoms with E-state index in [1.54, 1.807) is 10.6 Å². The Labute approximate surface area is 57.2 Å². The Morgan fingerprint density at radius 1 is 2.00 bits per heavy atom. The first-order chi connectivity index (χ1) is 4.29. The van der Waals surface area contributed by atoms with Crippen LogP contribution in [-0.4, -0.2) is 28.8 Å². The Bertz CT molecular complexity index is 147. The van der Waals surface area contributed by atoms with E-state index >= 15 is 0 Å². The largest absolute Gasteiger partial charge is 0.368 e. The fourth-order valence-electron chi connectivity index (χ4n) is 0.497. The second-order valence-corrected chi connectivity index (χ2v) is 2.58. The highest BCUT2D eigenvalue weighted by atomic mass is 32.2. The third kappa shape index (κ3) is 1.93. The summed E-state index contributed by atoms with van der Waals surface area (Å²) in [6.45, 7) is 0.209. The molecule has 4 nitrogen and oxygen atoms in total. The molecule has 1 amide bonds. The molecule has 2 N–H and O–H groups in total. The smallest absolute Gasteiger partial charge is 0.239 e. The van der Waals surface area contributed by atoms with Gasteiger partial charge in [-0.15, -0.1) is 0 Å². The zero-order valence-corrected chi connectivity index (χ0v) is 5.60. The summed E-state index contributed by atoms with van der Waals surface area (Å²) in [7, 11) is 0. The third-order valence-electron chi connectivity index (χ3n) is 0.800. The lowest BCUT2D eigenvalue weighted by atomic mass is 10.6. The Balaban J connectivity index is 2.28. The standard InChI is InChI=1S/C4H7N3OS/c5-4(8)3-7-6-1-2-9-7/h1H,2-3H2,(H2,5,8). The molecular formula is C4H7N3OS. The molecule has 1 aliphatic rings. The van der Waals surface area contributed by atoms with Crippen molar-refractivity contribution in [2.45, 2.75) is 0 Å². The van der Waals surface area contributed by atoms with E-state index < -0.39 is 0 Å². The lowest BCUT2D eigenvalue weighted by Gasteiger charge is -2.07. The van der Waals surface area contributed by atoms with Gasteiger partial charge >= 0.3 is 0 Å². The van der Waals surface area contributed by atoms with Crippen LogP contribution in [0.5, 0.6) is 0 Å². The van der Waals surface area contributed by atoms with E-state index in [0.29, 0.717) is 0 Å². The number of hydrogen-bond donors (Lipinski definition) is 1. The molecule has 50 valence electrons. The van der Waals surface area contributed by atoms with Gasteiger partial charge in [-0.3, -0.25) is 4.79 Å². The van der Waals surface area contributed by atoms with Crippen molar-refractivity contribution in [3.05, 3.63) is 0 Å². The summed E-state index contributed by atoms with van der Waals surface area (Å²) in [6, 6.07) is 0. The van der Waals surface area contributed by atoms with Crippen molar-refractivity contribution >= 4 is 24.1 Å². The number of primary amides is 1. The first-order valence-electron chi connectivity index (χ1n) is 2.50. The van der Waals surface area contributed by atoms with E-state index in [4.69, 9.17) is 5.73 Å². The van der Waals surface area contributed by atoms with Crippen LogP contribution in [0.1, 0.15) is 0 Å². The number of nitrogens with zero attached hydrogens (tertiary/aromatic N) is 2. The maximum atomic E-state index is 10.2. The van der Waals surface area contributed by atoms with Gasteiger partial charge in [0, 0.05) is 6.21 Å². The summed E-state index contributed by atoms with van der Waals surface area (Å²) in [5.74, 6) is 0.495. The molecule has 5 heteroatoms. The van der Waals surface area contributed by atoms with E-state index in [-0.39, 0.29) is 12.5 Å². The van der Waals surface area contributed by atoms with Crippen LogP contribution >= 0.6 is 11.9 Å². The van der Waals surface area contributed by atoms with Crippen LogP contribution in [0.2, 0.25) is 0 Å². The van der Waals surface area contributed by atoms with E-state index in [2.05, 4.69) is 5.10 Å². The lowest BCUT2D eigenvalue weighted by molar-refractivity contribution is -0.118. The Hall–Kier alpha value is -0.710. The Kier molecular flexibility index (Phi) is 1.94. The summed E-state index contributed by atoms with van der Waals surface area (Å²) in [5.41, 5.74) is 4.90. The summed E-state index contributed by atoms with van der Waals surface area (Å²) < 4.78 is 1.57. The molecular weight excluding hydrogens is 138 g/mol. The number of carbonyl (C=O) groups excluding carboxylic acids is 1. The molecule has 0 spiro atoms. The van der Waals surface area contributed by atoms with Crippen LogP contribution < -0.4 is 5.73 Å². The van der Waals surface area contributed by atoms with Crippen molar-refractivity contribution in [1.29, 1.82) is 0 Å². The average Bonchev–Trinajstić information content (AvgIpc) is 2.15. The van der Waals surface area contributed by atoms with Gasteiger partial charge in [0.15, 0.2) is 0 Å². The molecule has 1 aliphatic heterocycles. The van der Waals surface area contributed by atoms with Gasteiger partial charge in [-0.2, -0.15) is 5.10 Å². The van der Waals surface area contributed by atoms with Crippen molar-refractivity contribution in [2.24, 2.45) is 10.8 Å². The minimum absolute atomic E-state index is 0.209. The van der Waals surface area contributed by atoms with Crippen LogP contribution in [0, 0.1) is 0 Å². The zero-order chi connectivity index (χ0) is 6.69. The van der Waals surface area contributed by atoms with Gasteiger partial charge in [0.1, 0.15) is 6.54 Å². The molecule has 0 saturated carbocycles. The first kappa shape index (κ1) is 6.41. The molecule has 0 atom stereocenters. The SMILES string of the molecule is NC(=O)CN1N=CCS1. The highest BCUT2D eigenvalue weighted by molar-refractivity contribution is 7.97. The van der Waals surface area contributed by atoms with Gasteiger partial charge < -0.3 is 5.73 Å². The van der Waals surface area contributed by atoms with E-state index in [1.807, 2.05) is 0 Å². The Morgan fingerprint density at radius 2 is 2.78 bits per heavy atom. The molecule has 1 heterocycles. The number of rotatable bonds is 2. The highest BCUT2D eigenvalue weighted by Crippen LogP contribution is 2.12. The average molecular weight is 145 g/mol. The molecule has 0 fully saturated rings. The van der Waals surface area contributed by atoms with Crippen molar-refractivity contribution in [3.63, 3.8) is 0 Å². The molecule has 0 aromatic rings. The van der Waals surface area contributed by atoms with Crippen LogP contribution in [-0.2, 0) is 4.79 Å². The lowest BCUT2D eigenvalue weighted by Crippen LogP contribution is -2.24. The van der Waals surface area contributed by atoms with Crippen molar-refractivity contribution < 1.29 is 4.79 Å². The summed E-state index contributed by atoms with van der Waals surface area (Å²) in [4.78, 5) is 10.2. The topological polar surface area (TPSA) is 58.7 Å². The van der Waals surface area contributed by atoms with Crippen molar-refractivity contribution in [1.82, 2.24) is 4.41 Å². The maximum absolute atomic E-state index is 10.2. The van der Waals surface area contributed by atoms with Crippen molar-refractivity contribution in [2.75, 3.05) is 12.3 Å². The maximum Gasteiger partial charge on any atom is 0.239 e. The molecule has 0 unspecified atom stereocenters. The number of hydrogen-bond acceptors (Lipinski definition) is 4. The molecule has 0 aromatic heterocycles. The fraction of sp³-hybridized carbons (Fsp3) is 0.500. The number of hydrazone groups is 1. The van der Waals surface area contributed by atoms with Gasteiger partial charge in [-0.1, -0.05) is 0 Å². The van der Waals surface area contributed by atoms with Gasteiger partial charge in [0.2, 0.25) is 5.91 Å². The summed E-state index contributed by atoms with van der Waals surface area (Å²) in [5, 5.41) is 3.85. The van der Waals surface area contributed by atoms with Gasteiger partial charge in [0.25, 0.3) is 0 Å². The minimum Gasteiger partial charge on any atom is -0.368 e. The molecule has 0 aliphatic carbocycles. The number of amides is 1. The second-order valence-electron chi connectivity index (χ2n) is 1.57. The molecule has 0 saturated heterocycles. The number of carbonyl (C=O) groups is 1. The quantitative estimate of drug-likeness (QED) is 0.529. The number of nitrogens with two attached hydrogens (primary N) is 1. The molecule has 0 aromatic carbocycles. The first-order valence-corrected chi connectivity index (χ1v) is 3.44. The zero-order valence-electron chi connectivity index (χ0n) is 4.78. The van der Waals surface area contributed by atoms with Crippen LogP contribution in [0.3, 0.4) is 0 Å².